The summed E-state index contributed by atoms with van der Waals surface area (Å²) in [7, 11) is -1.85. The molecule has 0 aliphatic heterocycles. The monoisotopic (exact) mass is 425 g/mol. The van der Waals surface area contributed by atoms with Crippen LogP contribution in [0.1, 0.15) is 43.5 Å². The molecular formula is C22H26F3NO2S. The van der Waals surface area contributed by atoms with Gasteiger partial charge in [-0.1, -0.05) is 66.2 Å². The minimum Gasteiger partial charge on any atom is -0.375 e. The quantitative estimate of drug-likeness (QED) is 0.677. The number of benzene rings is 2. The van der Waals surface area contributed by atoms with Gasteiger partial charge in [0, 0.05) is 0 Å². The Balaban J connectivity index is 2.58. The van der Waals surface area contributed by atoms with Crippen LogP contribution in [0, 0.1) is 6.92 Å². The van der Waals surface area contributed by atoms with Gasteiger partial charge in [-0.2, -0.15) is 13.2 Å². The van der Waals surface area contributed by atoms with E-state index in [9.17, 15) is 22.5 Å². The van der Waals surface area contributed by atoms with Gasteiger partial charge in [-0.15, -0.1) is 0 Å². The van der Waals surface area contributed by atoms with Crippen molar-refractivity contribution in [3.05, 3.63) is 77.4 Å². The second-order valence-corrected chi connectivity index (χ2v) is 9.91. The zero-order chi connectivity index (χ0) is 21.9. The first-order valence-electron chi connectivity index (χ1n) is 9.12. The van der Waals surface area contributed by atoms with E-state index in [0.29, 0.717) is 5.56 Å². The maximum absolute atomic E-state index is 14.1. The lowest BCUT2D eigenvalue weighted by atomic mass is 9.87. The number of hydrogen-bond acceptors (Lipinski definition) is 2. The third-order valence-electron chi connectivity index (χ3n) is 4.42. The van der Waals surface area contributed by atoms with E-state index in [1.807, 2.05) is 6.92 Å². The topological polar surface area (TPSA) is 49.3 Å². The van der Waals surface area contributed by atoms with Crippen LogP contribution < -0.4 is 4.72 Å². The number of rotatable bonds is 6. The first-order chi connectivity index (χ1) is 13.3. The molecule has 0 aromatic heterocycles. The van der Waals surface area contributed by atoms with E-state index in [-0.39, 0.29) is 5.56 Å². The Kier molecular flexibility index (Phi) is 7.09. The molecule has 29 heavy (non-hydrogen) atoms. The molecule has 2 N–H and O–H groups in total. The predicted molar refractivity (Wildman–Crippen MR) is 111 cm³/mol. The summed E-state index contributed by atoms with van der Waals surface area (Å²) in [5.41, 5.74) is -1.72. The highest BCUT2D eigenvalue weighted by Gasteiger charge is 2.58. The molecule has 0 radical (unpaired) electrons. The molecule has 0 aliphatic rings. The Bertz CT molecular complexity index is 858. The number of aliphatic hydroxyl groups is 1. The largest absolute Gasteiger partial charge is 0.422 e. The van der Waals surface area contributed by atoms with Crippen molar-refractivity contribution in [1.82, 2.24) is 4.72 Å². The first-order valence-corrected chi connectivity index (χ1v) is 10.3. The summed E-state index contributed by atoms with van der Waals surface area (Å²) >= 11 is 0. The van der Waals surface area contributed by atoms with Gasteiger partial charge in [0.05, 0.1) is 21.8 Å². The van der Waals surface area contributed by atoms with Crippen LogP contribution in [0.5, 0.6) is 0 Å². The maximum atomic E-state index is 14.1. The van der Waals surface area contributed by atoms with Gasteiger partial charge in [0.15, 0.2) is 5.60 Å². The fraction of sp³-hybridized carbons (Fsp3) is 0.364. The van der Waals surface area contributed by atoms with Gasteiger partial charge in [-0.25, -0.2) is 8.93 Å². The minimum atomic E-state index is -5.01. The molecule has 0 amide bonds. The second-order valence-electron chi connectivity index (χ2n) is 7.91. The summed E-state index contributed by atoms with van der Waals surface area (Å²) < 4.78 is 56.8. The summed E-state index contributed by atoms with van der Waals surface area (Å²) in [4.78, 5) is 0. The van der Waals surface area contributed by atoms with Crippen LogP contribution in [0.15, 0.2) is 60.7 Å². The molecule has 2 aromatic rings. The first kappa shape index (κ1) is 23.3. The lowest BCUT2D eigenvalue weighted by Crippen LogP contribution is -2.55. The molecule has 3 nitrogen and oxygen atoms in total. The predicted octanol–water partition coefficient (Wildman–Crippen LogP) is 5.09. The summed E-state index contributed by atoms with van der Waals surface area (Å²) in [5.74, 6) is 0. The van der Waals surface area contributed by atoms with Crippen molar-refractivity contribution in [1.29, 1.82) is 0 Å². The lowest BCUT2D eigenvalue weighted by molar-refractivity contribution is -0.248. The van der Waals surface area contributed by atoms with Crippen LogP contribution in [0.4, 0.5) is 13.2 Å². The Labute approximate surface area is 172 Å². The molecule has 7 heteroatoms. The molecule has 2 aromatic carbocycles. The van der Waals surface area contributed by atoms with E-state index in [0.717, 1.165) is 11.6 Å². The molecule has 0 fully saturated rings. The third-order valence-corrected chi connectivity index (χ3v) is 5.98. The molecular weight excluding hydrogens is 399 g/mol. The van der Waals surface area contributed by atoms with Gasteiger partial charge < -0.3 is 5.11 Å². The number of halogens is 3. The smallest absolute Gasteiger partial charge is 0.375 e. The second kappa shape index (κ2) is 8.81. The molecule has 0 aliphatic carbocycles. The minimum absolute atomic E-state index is 0.186. The molecule has 0 spiro atoms. The number of alkyl halides is 3. The highest BCUT2D eigenvalue weighted by molar-refractivity contribution is 7.84. The summed E-state index contributed by atoms with van der Waals surface area (Å²) in [6.45, 7) is 6.75. The Hall–Kier alpha value is -1.96. The third kappa shape index (κ3) is 5.78. The molecule has 158 valence electrons. The van der Waals surface area contributed by atoms with E-state index >= 15 is 0 Å². The SMILES string of the molecule is Cc1ccc([C@H](NS(=O)C(C)(C)C)[C@](O)(/C=C/c2ccccc2)C(F)(F)F)cc1. The van der Waals surface area contributed by atoms with Crippen LogP contribution in [0.25, 0.3) is 6.08 Å². The summed E-state index contributed by atoms with van der Waals surface area (Å²) in [5, 5.41) is 10.9. The normalized spacial score (nSPS) is 17.1. The van der Waals surface area contributed by atoms with Gasteiger partial charge in [0.25, 0.3) is 0 Å². The van der Waals surface area contributed by atoms with Crippen LogP contribution in [-0.4, -0.2) is 25.8 Å². The maximum Gasteiger partial charge on any atom is 0.422 e. The van der Waals surface area contributed by atoms with E-state index in [1.165, 1.54) is 18.2 Å². The lowest BCUT2D eigenvalue weighted by Gasteiger charge is -2.37. The van der Waals surface area contributed by atoms with Gasteiger partial charge in [-0.05, 0) is 44.9 Å². The Morgan fingerprint density at radius 3 is 2.03 bits per heavy atom. The van der Waals surface area contributed by atoms with Crippen molar-refractivity contribution in [2.24, 2.45) is 0 Å². The van der Waals surface area contributed by atoms with Crippen LogP contribution >= 0.6 is 0 Å². The fourth-order valence-corrected chi connectivity index (χ4v) is 3.48. The molecule has 0 saturated carbocycles. The van der Waals surface area contributed by atoms with E-state index in [1.54, 1.807) is 63.2 Å². The Morgan fingerprint density at radius 1 is 1.00 bits per heavy atom. The Morgan fingerprint density at radius 2 is 1.55 bits per heavy atom. The van der Waals surface area contributed by atoms with Crippen molar-refractivity contribution in [2.75, 3.05) is 0 Å². The fourth-order valence-electron chi connectivity index (χ4n) is 2.60. The molecule has 0 saturated heterocycles. The average molecular weight is 426 g/mol. The van der Waals surface area contributed by atoms with Crippen molar-refractivity contribution in [3.63, 3.8) is 0 Å². The standard InChI is InChI=1S/C22H26F3NO2S/c1-16-10-12-18(13-11-16)19(26-29(28)20(2,3)4)21(27,22(23,24)25)15-14-17-8-6-5-7-9-17/h5-15,19,26-27H,1-4H3/b15-14+/t19-,21+,29?/m0/s1. The number of hydrogen-bond donors (Lipinski definition) is 2. The average Bonchev–Trinajstić information content (AvgIpc) is 2.64. The molecule has 0 heterocycles. The van der Waals surface area contributed by atoms with Crippen LogP contribution in [-0.2, 0) is 11.0 Å². The van der Waals surface area contributed by atoms with Crippen molar-refractivity contribution in [3.8, 4) is 0 Å². The highest BCUT2D eigenvalue weighted by Crippen LogP contribution is 2.42. The van der Waals surface area contributed by atoms with Crippen molar-refractivity contribution < 1.29 is 22.5 Å². The number of nitrogens with one attached hydrogen (secondary N) is 1. The van der Waals surface area contributed by atoms with E-state index in [2.05, 4.69) is 4.72 Å². The van der Waals surface area contributed by atoms with Gasteiger partial charge in [0.2, 0.25) is 0 Å². The van der Waals surface area contributed by atoms with Crippen LogP contribution in [0.3, 0.4) is 0 Å². The van der Waals surface area contributed by atoms with Crippen molar-refractivity contribution >= 4 is 17.1 Å². The highest BCUT2D eigenvalue weighted by atomic mass is 32.2. The zero-order valence-corrected chi connectivity index (χ0v) is 17.6. The van der Waals surface area contributed by atoms with Gasteiger partial charge in [0.1, 0.15) is 0 Å². The van der Waals surface area contributed by atoms with Gasteiger partial charge in [-0.3, -0.25) is 0 Å². The van der Waals surface area contributed by atoms with E-state index < -0.39 is 33.6 Å². The molecule has 2 rings (SSSR count). The molecule has 3 atom stereocenters. The van der Waals surface area contributed by atoms with Crippen LogP contribution in [0.2, 0.25) is 0 Å². The summed E-state index contributed by atoms with van der Waals surface area (Å²) in [6, 6.07) is 13.0. The van der Waals surface area contributed by atoms with Gasteiger partial charge >= 0.3 is 6.18 Å². The van der Waals surface area contributed by atoms with Crippen molar-refractivity contribution in [2.45, 2.75) is 50.3 Å². The number of aryl methyl sites for hydroxylation is 1. The summed E-state index contributed by atoms with van der Waals surface area (Å²) in [6.07, 6.45) is -3.07. The zero-order valence-electron chi connectivity index (χ0n) is 16.8. The van der Waals surface area contributed by atoms with E-state index in [4.69, 9.17) is 0 Å². The molecule has 1 unspecified atom stereocenters. The molecule has 0 bridgehead atoms.